The first-order valence-corrected chi connectivity index (χ1v) is 4.79. The summed E-state index contributed by atoms with van der Waals surface area (Å²) >= 11 is 0. The highest BCUT2D eigenvalue weighted by molar-refractivity contribution is 4.54. The second kappa shape index (κ2) is 8.48. The van der Waals surface area contributed by atoms with E-state index in [9.17, 15) is 0 Å². The minimum atomic E-state index is -0.0509. The van der Waals surface area contributed by atoms with Crippen molar-refractivity contribution in [1.82, 2.24) is 0 Å². The van der Waals surface area contributed by atoms with E-state index < -0.39 is 0 Å². The van der Waals surface area contributed by atoms with Crippen molar-refractivity contribution in [1.29, 1.82) is 0 Å². The van der Waals surface area contributed by atoms with E-state index in [4.69, 9.17) is 14.2 Å². The van der Waals surface area contributed by atoms with E-state index in [-0.39, 0.29) is 6.29 Å². The number of rotatable bonds is 8. The molecule has 0 aliphatic rings. The molecule has 0 aliphatic heterocycles. The first-order chi connectivity index (χ1) is 6.24. The van der Waals surface area contributed by atoms with Gasteiger partial charge in [-0.1, -0.05) is 6.92 Å². The zero-order valence-electron chi connectivity index (χ0n) is 9.21. The van der Waals surface area contributed by atoms with Crippen LogP contribution < -0.4 is 0 Å². The van der Waals surface area contributed by atoms with Gasteiger partial charge >= 0.3 is 0 Å². The topological polar surface area (TPSA) is 27.7 Å². The average molecular weight is 190 g/mol. The Kier molecular flexibility index (Phi) is 8.40. The van der Waals surface area contributed by atoms with E-state index in [1.165, 1.54) is 0 Å². The standard InChI is InChI=1S/C10H22O3/c1-9(7-8-11-2)5-6-10(12-3)13-4/h9-10H,5-8H2,1-4H3. The molecule has 0 aromatic carbocycles. The van der Waals surface area contributed by atoms with Crippen LogP contribution in [0.15, 0.2) is 0 Å². The summed E-state index contributed by atoms with van der Waals surface area (Å²) in [6.45, 7) is 3.06. The number of hydrogen-bond acceptors (Lipinski definition) is 3. The highest BCUT2D eigenvalue weighted by atomic mass is 16.7. The SMILES string of the molecule is COCCC(C)CCC(OC)OC. The Bertz CT molecular complexity index is 102. The fraction of sp³-hybridized carbons (Fsp3) is 1.00. The zero-order chi connectivity index (χ0) is 10.1. The van der Waals surface area contributed by atoms with Crippen LogP contribution in [0.2, 0.25) is 0 Å². The highest BCUT2D eigenvalue weighted by Crippen LogP contribution is 2.13. The molecule has 80 valence electrons. The van der Waals surface area contributed by atoms with Crippen molar-refractivity contribution in [3.05, 3.63) is 0 Å². The van der Waals surface area contributed by atoms with E-state index in [0.29, 0.717) is 5.92 Å². The Hall–Kier alpha value is -0.120. The van der Waals surface area contributed by atoms with Gasteiger partial charge in [0, 0.05) is 27.9 Å². The lowest BCUT2D eigenvalue weighted by molar-refractivity contribution is -0.108. The molecule has 0 spiro atoms. The van der Waals surface area contributed by atoms with Gasteiger partial charge in [-0.2, -0.15) is 0 Å². The third-order valence-electron chi connectivity index (χ3n) is 2.24. The second-order valence-corrected chi connectivity index (χ2v) is 3.36. The Morgan fingerprint density at radius 2 is 1.54 bits per heavy atom. The van der Waals surface area contributed by atoms with Crippen molar-refractivity contribution in [2.24, 2.45) is 5.92 Å². The lowest BCUT2D eigenvalue weighted by Crippen LogP contribution is -2.14. The monoisotopic (exact) mass is 190 g/mol. The van der Waals surface area contributed by atoms with Crippen LogP contribution in [0.4, 0.5) is 0 Å². The highest BCUT2D eigenvalue weighted by Gasteiger charge is 2.08. The number of hydrogen-bond donors (Lipinski definition) is 0. The maximum Gasteiger partial charge on any atom is 0.156 e. The Morgan fingerprint density at radius 1 is 0.923 bits per heavy atom. The van der Waals surface area contributed by atoms with Gasteiger partial charge in [-0.25, -0.2) is 0 Å². The molecule has 3 nitrogen and oxygen atoms in total. The quantitative estimate of drug-likeness (QED) is 0.548. The fourth-order valence-electron chi connectivity index (χ4n) is 1.22. The summed E-state index contributed by atoms with van der Waals surface area (Å²) < 4.78 is 15.2. The Balaban J connectivity index is 3.38. The van der Waals surface area contributed by atoms with Crippen molar-refractivity contribution < 1.29 is 14.2 Å². The summed E-state index contributed by atoms with van der Waals surface area (Å²) in [5.74, 6) is 0.674. The molecule has 0 aromatic rings. The van der Waals surface area contributed by atoms with Crippen LogP contribution in [0.3, 0.4) is 0 Å². The van der Waals surface area contributed by atoms with Crippen molar-refractivity contribution in [2.45, 2.75) is 32.5 Å². The predicted molar refractivity (Wildman–Crippen MR) is 52.7 cm³/mol. The molecule has 0 radical (unpaired) electrons. The minimum absolute atomic E-state index is 0.0509. The van der Waals surface area contributed by atoms with E-state index in [2.05, 4.69) is 6.92 Å². The average Bonchev–Trinajstić information content (AvgIpc) is 2.16. The van der Waals surface area contributed by atoms with Gasteiger partial charge in [0.2, 0.25) is 0 Å². The molecule has 0 amide bonds. The van der Waals surface area contributed by atoms with Gasteiger partial charge in [-0.05, 0) is 25.2 Å². The van der Waals surface area contributed by atoms with E-state index in [0.717, 1.165) is 25.9 Å². The summed E-state index contributed by atoms with van der Waals surface area (Å²) in [6.07, 6.45) is 3.13. The van der Waals surface area contributed by atoms with Crippen LogP contribution in [0.25, 0.3) is 0 Å². The largest absolute Gasteiger partial charge is 0.385 e. The maximum absolute atomic E-state index is 5.10. The van der Waals surface area contributed by atoms with Gasteiger partial charge in [-0.3, -0.25) is 0 Å². The zero-order valence-corrected chi connectivity index (χ0v) is 9.21. The molecule has 0 saturated carbocycles. The molecule has 1 atom stereocenters. The minimum Gasteiger partial charge on any atom is -0.385 e. The molecular formula is C10H22O3. The smallest absolute Gasteiger partial charge is 0.156 e. The summed E-state index contributed by atoms with van der Waals surface area (Å²) in [7, 11) is 5.09. The first-order valence-electron chi connectivity index (χ1n) is 4.79. The number of methoxy groups -OCH3 is 3. The van der Waals surface area contributed by atoms with Crippen molar-refractivity contribution in [2.75, 3.05) is 27.9 Å². The van der Waals surface area contributed by atoms with Crippen LogP contribution in [0.5, 0.6) is 0 Å². The van der Waals surface area contributed by atoms with Gasteiger partial charge < -0.3 is 14.2 Å². The summed E-state index contributed by atoms with van der Waals surface area (Å²) in [5, 5.41) is 0. The molecule has 0 aliphatic carbocycles. The molecule has 0 bridgehead atoms. The number of ether oxygens (including phenoxy) is 3. The molecule has 0 rings (SSSR count). The van der Waals surface area contributed by atoms with Crippen molar-refractivity contribution in [3.63, 3.8) is 0 Å². The summed E-state index contributed by atoms with van der Waals surface area (Å²) in [5.41, 5.74) is 0. The van der Waals surface area contributed by atoms with Crippen LogP contribution in [0.1, 0.15) is 26.2 Å². The van der Waals surface area contributed by atoms with Gasteiger partial charge in [0.15, 0.2) is 6.29 Å². The van der Waals surface area contributed by atoms with E-state index >= 15 is 0 Å². The Labute approximate surface area is 81.4 Å². The summed E-state index contributed by atoms with van der Waals surface area (Å²) in [6, 6.07) is 0. The third-order valence-corrected chi connectivity index (χ3v) is 2.24. The van der Waals surface area contributed by atoms with Gasteiger partial charge in [0.1, 0.15) is 0 Å². The lowest BCUT2D eigenvalue weighted by Gasteiger charge is -2.16. The molecule has 1 unspecified atom stereocenters. The normalized spacial score (nSPS) is 13.6. The van der Waals surface area contributed by atoms with Crippen LogP contribution >= 0.6 is 0 Å². The summed E-state index contributed by atoms with van der Waals surface area (Å²) in [4.78, 5) is 0. The van der Waals surface area contributed by atoms with Gasteiger partial charge in [-0.15, -0.1) is 0 Å². The molecular weight excluding hydrogens is 168 g/mol. The molecule has 0 N–H and O–H groups in total. The van der Waals surface area contributed by atoms with E-state index in [1.54, 1.807) is 21.3 Å². The van der Waals surface area contributed by atoms with Gasteiger partial charge in [0.25, 0.3) is 0 Å². The molecule has 0 fully saturated rings. The van der Waals surface area contributed by atoms with Crippen LogP contribution in [-0.4, -0.2) is 34.2 Å². The van der Waals surface area contributed by atoms with Crippen LogP contribution in [-0.2, 0) is 14.2 Å². The maximum atomic E-state index is 5.10. The predicted octanol–water partition coefficient (Wildman–Crippen LogP) is 2.06. The van der Waals surface area contributed by atoms with Gasteiger partial charge in [0.05, 0.1) is 0 Å². The second-order valence-electron chi connectivity index (χ2n) is 3.36. The van der Waals surface area contributed by atoms with Crippen molar-refractivity contribution >= 4 is 0 Å². The van der Waals surface area contributed by atoms with Crippen LogP contribution in [0, 0.1) is 5.92 Å². The van der Waals surface area contributed by atoms with E-state index in [1.807, 2.05) is 0 Å². The molecule has 0 saturated heterocycles. The Morgan fingerprint density at radius 3 is 2.00 bits per heavy atom. The van der Waals surface area contributed by atoms with Crippen molar-refractivity contribution in [3.8, 4) is 0 Å². The lowest BCUT2D eigenvalue weighted by atomic mass is 10.0. The molecule has 13 heavy (non-hydrogen) atoms. The fourth-order valence-corrected chi connectivity index (χ4v) is 1.22. The third kappa shape index (κ3) is 6.99. The molecule has 0 heterocycles. The molecule has 0 aromatic heterocycles. The first kappa shape index (κ1) is 12.9. The molecule has 3 heteroatoms.